The summed E-state index contributed by atoms with van der Waals surface area (Å²) in [4.78, 5) is 67.6. The van der Waals surface area contributed by atoms with Crippen LogP contribution in [-0.2, 0) is 19.2 Å². The first-order valence-electron chi connectivity index (χ1n) is 13.0. The van der Waals surface area contributed by atoms with Crippen molar-refractivity contribution in [2.75, 3.05) is 55.9 Å². The predicted molar refractivity (Wildman–Crippen MR) is 147 cm³/mol. The Bertz CT molecular complexity index is 1200. The maximum absolute atomic E-state index is 13.4. The fourth-order valence-electron chi connectivity index (χ4n) is 4.25. The minimum atomic E-state index is -1.08. The number of carboxylic acid groups (broad SMARTS) is 1. The highest BCUT2D eigenvalue weighted by molar-refractivity contribution is 7.99. The van der Waals surface area contributed by atoms with Crippen molar-refractivity contribution >= 4 is 41.5 Å². The van der Waals surface area contributed by atoms with Crippen LogP contribution in [-0.4, -0.2) is 106 Å². The molecule has 1 atom stereocenters. The summed E-state index contributed by atoms with van der Waals surface area (Å²) in [5, 5.41) is 13.4. The molecule has 13 nitrogen and oxygen atoms in total. The second-order valence-corrected chi connectivity index (χ2v) is 10.2. The summed E-state index contributed by atoms with van der Waals surface area (Å²) in [5.41, 5.74) is 0.827. The second kappa shape index (κ2) is 13.9. The van der Waals surface area contributed by atoms with Gasteiger partial charge in [0.2, 0.25) is 5.91 Å². The molecule has 0 aliphatic carbocycles. The normalized spacial score (nSPS) is 16.3. The van der Waals surface area contributed by atoms with Crippen LogP contribution in [0.2, 0.25) is 0 Å². The number of nitrogens with one attached hydrogen (secondary N) is 1. The van der Waals surface area contributed by atoms with Crippen molar-refractivity contribution in [1.82, 2.24) is 25.2 Å². The van der Waals surface area contributed by atoms with Gasteiger partial charge in [0.05, 0.1) is 25.6 Å². The molecule has 1 aromatic carbocycles. The van der Waals surface area contributed by atoms with Gasteiger partial charge in [0.15, 0.2) is 5.82 Å². The number of hydrogen-bond donors (Lipinski definition) is 2. The molecule has 2 aliphatic rings. The van der Waals surface area contributed by atoms with Gasteiger partial charge in [0.1, 0.15) is 17.6 Å². The topological polar surface area (TPSA) is 154 Å². The number of aromatic nitrogens is 2. The van der Waals surface area contributed by atoms with E-state index in [1.165, 1.54) is 9.96 Å². The van der Waals surface area contributed by atoms with E-state index in [1.54, 1.807) is 24.8 Å². The number of thioether (sulfide) groups is 1. The highest BCUT2D eigenvalue weighted by Gasteiger charge is 2.31. The molecule has 1 aromatic heterocycles. The average Bonchev–Trinajstić information content (AvgIpc) is 3.51. The van der Waals surface area contributed by atoms with Gasteiger partial charge in [-0.25, -0.2) is 14.8 Å². The van der Waals surface area contributed by atoms with Gasteiger partial charge >= 0.3 is 12.1 Å². The quantitative estimate of drug-likeness (QED) is 0.399. The number of carbonyl (C=O) groups excluding carboxylic acids is 3. The third-order valence-electron chi connectivity index (χ3n) is 6.32. The number of carboxylic acids is 1. The number of amides is 2. The Labute approximate surface area is 235 Å². The first-order valence-corrected chi connectivity index (χ1v) is 14.2. The predicted octanol–water partition coefficient (Wildman–Crippen LogP) is 1.85. The van der Waals surface area contributed by atoms with Crippen molar-refractivity contribution in [2.45, 2.75) is 25.8 Å². The number of hydroxylamine groups is 2. The Morgan fingerprint density at radius 2 is 1.82 bits per heavy atom. The molecule has 2 fully saturated rings. The monoisotopic (exact) mass is 572 g/mol. The molecule has 0 bridgehead atoms. The Balaban J connectivity index is 1.50. The Hall–Kier alpha value is -3.91. The van der Waals surface area contributed by atoms with Crippen molar-refractivity contribution in [3.63, 3.8) is 0 Å². The molecule has 0 unspecified atom stereocenters. The van der Waals surface area contributed by atoms with Crippen LogP contribution in [0.4, 0.5) is 10.6 Å². The smallest absolute Gasteiger partial charge is 0.481 e. The lowest BCUT2D eigenvalue weighted by atomic mass is 10.1. The van der Waals surface area contributed by atoms with Crippen LogP contribution >= 0.6 is 11.8 Å². The number of aliphatic carboxylic acids is 1. The van der Waals surface area contributed by atoms with Crippen LogP contribution < -0.4 is 10.2 Å². The van der Waals surface area contributed by atoms with Crippen LogP contribution in [0, 0.1) is 0 Å². The number of carbonyl (C=O) groups is 4. The fraction of sp³-hybridized carbons (Fsp3) is 0.462. The molecule has 3 heterocycles. The van der Waals surface area contributed by atoms with Gasteiger partial charge in [-0.15, -0.1) is 16.8 Å². The highest BCUT2D eigenvalue weighted by atomic mass is 32.2. The van der Waals surface area contributed by atoms with Crippen molar-refractivity contribution in [2.24, 2.45) is 0 Å². The van der Waals surface area contributed by atoms with E-state index in [0.717, 1.165) is 23.7 Å². The summed E-state index contributed by atoms with van der Waals surface area (Å²) in [7, 11) is 0. The van der Waals surface area contributed by atoms with E-state index in [4.69, 9.17) is 9.57 Å². The molecular weight excluding hydrogens is 540 g/mol. The van der Waals surface area contributed by atoms with E-state index in [-0.39, 0.29) is 51.3 Å². The second-order valence-electron chi connectivity index (χ2n) is 9.09. The summed E-state index contributed by atoms with van der Waals surface area (Å²) in [5.74, 6) is 0.566. The van der Waals surface area contributed by atoms with E-state index in [9.17, 15) is 24.3 Å². The molecule has 2 saturated heterocycles. The minimum absolute atomic E-state index is 0.0848. The van der Waals surface area contributed by atoms with Gasteiger partial charge in [-0.3, -0.25) is 14.4 Å². The van der Waals surface area contributed by atoms with Gasteiger partial charge in [0.25, 0.3) is 5.91 Å². The van der Waals surface area contributed by atoms with Crippen LogP contribution in [0.25, 0.3) is 11.4 Å². The minimum Gasteiger partial charge on any atom is -0.481 e. The van der Waals surface area contributed by atoms with E-state index >= 15 is 0 Å². The van der Waals surface area contributed by atoms with Crippen LogP contribution in [0.3, 0.4) is 0 Å². The van der Waals surface area contributed by atoms with E-state index in [0.29, 0.717) is 11.6 Å². The van der Waals surface area contributed by atoms with Crippen molar-refractivity contribution in [3.05, 3.63) is 42.1 Å². The largest absolute Gasteiger partial charge is 0.527 e. The lowest BCUT2D eigenvalue weighted by Crippen LogP contribution is -2.55. The van der Waals surface area contributed by atoms with Gasteiger partial charge in [0, 0.05) is 43.4 Å². The van der Waals surface area contributed by atoms with Gasteiger partial charge in [-0.1, -0.05) is 30.3 Å². The standard InChI is InChI=1S/C26H32N6O7S/c1-2-38-26(37)39-32-12-10-30(11-13-32)25(36)19(8-9-22(33)34)28-24(35)20-16-21(31-14-15-40-17-31)29-23(27-20)18-6-4-3-5-7-18/h3-7,16,19H,2,8-15,17H2,1H3,(H,28,35)(H,33,34)/t19-/m0/s1. The number of piperazine rings is 1. The molecule has 2 amide bonds. The number of anilines is 1. The molecule has 40 heavy (non-hydrogen) atoms. The Morgan fingerprint density at radius 3 is 2.48 bits per heavy atom. The van der Waals surface area contributed by atoms with Crippen LogP contribution in [0.5, 0.6) is 0 Å². The van der Waals surface area contributed by atoms with Gasteiger partial charge in [-0.05, 0) is 13.3 Å². The van der Waals surface area contributed by atoms with Crippen LogP contribution in [0.1, 0.15) is 30.3 Å². The number of benzene rings is 1. The molecule has 2 N–H and O–H groups in total. The fourth-order valence-corrected chi connectivity index (χ4v) is 5.21. The molecule has 2 aromatic rings. The first-order chi connectivity index (χ1) is 19.3. The molecule has 0 spiro atoms. The summed E-state index contributed by atoms with van der Waals surface area (Å²) < 4.78 is 4.77. The van der Waals surface area contributed by atoms with Crippen molar-refractivity contribution < 1.29 is 33.9 Å². The number of hydrogen-bond acceptors (Lipinski definition) is 11. The zero-order chi connectivity index (χ0) is 28.5. The lowest BCUT2D eigenvalue weighted by Gasteiger charge is -2.35. The van der Waals surface area contributed by atoms with E-state index in [1.807, 2.05) is 30.3 Å². The van der Waals surface area contributed by atoms with Crippen LogP contribution in [0.15, 0.2) is 36.4 Å². The SMILES string of the molecule is CCOC(=O)ON1CCN(C(=O)[C@H](CCC(=O)O)NC(=O)c2cc(N3CCSC3)nc(-c3ccccc3)n2)CC1. The summed E-state index contributed by atoms with van der Waals surface area (Å²) >= 11 is 1.76. The van der Waals surface area contributed by atoms with Gasteiger partial charge < -0.3 is 29.8 Å². The Morgan fingerprint density at radius 1 is 1.07 bits per heavy atom. The maximum Gasteiger partial charge on any atom is 0.527 e. The molecular formula is C26H32N6O7S. The van der Waals surface area contributed by atoms with E-state index < -0.39 is 30.0 Å². The molecule has 2 aliphatic heterocycles. The molecule has 0 radical (unpaired) electrons. The molecule has 0 saturated carbocycles. The maximum atomic E-state index is 13.4. The average molecular weight is 573 g/mol. The summed E-state index contributed by atoms with van der Waals surface area (Å²) in [6.45, 7) is 3.56. The molecule has 4 rings (SSSR count). The van der Waals surface area contributed by atoms with E-state index in [2.05, 4.69) is 20.2 Å². The van der Waals surface area contributed by atoms with Gasteiger partial charge in [-0.2, -0.15) is 0 Å². The zero-order valence-electron chi connectivity index (χ0n) is 22.2. The Kier molecular flexibility index (Phi) is 10.1. The third-order valence-corrected chi connectivity index (χ3v) is 7.29. The van der Waals surface area contributed by atoms with Crippen molar-refractivity contribution in [3.8, 4) is 11.4 Å². The highest BCUT2D eigenvalue weighted by Crippen LogP contribution is 2.25. The number of ether oxygens (including phenoxy) is 1. The zero-order valence-corrected chi connectivity index (χ0v) is 23.0. The number of rotatable bonds is 10. The molecule has 14 heteroatoms. The first kappa shape index (κ1) is 29.1. The lowest BCUT2D eigenvalue weighted by molar-refractivity contribution is -0.157. The summed E-state index contributed by atoms with van der Waals surface area (Å²) in [6, 6.07) is 9.80. The molecule has 214 valence electrons. The third kappa shape index (κ3) is 7.82. The summed E-state index contributed by atoms with van der Waals surface area (Å²) in [6.07, 6.45) is -1.22. The van der Waals surface area contributed by atoms with Crippen molar-refractivity contribution in [1.29, 1.82) is 0 Å². The number of nitrogens with zero attached hydrogens (tertiary/aromatic N) is 5.